The average molecular weight is 322 g/mol. The quantitative estimate of drug-likeness (QED) is 0.796. The normalized spacial score (nSPS) is 12.8. The predicted octanol–water partition coefficient (Wildman–Crippen LogP) is 3.16. The van der Waals surface area contributed by atoms with Crippen molar-refractivity contribution in [3.8, 4) is 11.5 Å². The topological polar surface area (TPSA) is 59.5 Å². The van der Waals surface area contributed by atoms with Crippen molar-refractivity contribution in [1.29, 1.82) is 0 Å². The molecule has 0 atom stereocenters. The Morgan fingerprint density at radius 1 is 1.04 bits per heavy atom. The third-order valence-corrected chi connectivity index (χ3v) is 3.74. The maximum atomic E-state index is 5.44. The predicted molar refractivity (Wildman–Crippen MR) is 92.8 cm³/mol. The lowest BCUT2D eigenvalue weighted by Gasteiger charge is -2.13. The van der Waals surface area contributed by atoms with Gasteiger partial charge in [0.05, 0.1) is 12.1 Å². The summed E-state index contributed by atoms with van der Waals surface area (Å²) in [4.78, 5) is 11.4. The second-order valence-corrected chi connectivity index (χ2v) is 5.94. The van der Waals surface area contributed by atoms with Gasteiger partial charge in [-0.25, -0.2) is 9.97 Å². The lowest BCUT2D eigenvalue weighted by molar-refractivity contribution is 0.174. The van der Waals surface area contributed by atoms with Crippen LogP contribution in [0.25, 0.3) is 10.9 Å². The first-order valence-corrected chi connectivity index (χ1v) is 7.76. The zero-order chi connectivity index (χ0) is 16.5. The molecule has 1 aliphatic heterocycles. The van der Waals surface area contributed by atoms with E-state index < -0.39 is 0 Å². The van der Waals surface area contributed by atoms with Crippen LogP contribution in [-0.2, 0) is 6.54 Å². The minimum Gasteiger partial charge on any atom is -0.454 e. The van der Waals surface area contributed by atoms with E-state index in [2.05, 4.69) is 15.2 Å². The molecule has 0 saturated carbocycles. The van der Waals surface area contributed by atoms with Gasteiger partial charge in [-0.3, -0.25) is 0 Å². The van der Waals surface area contributed by atoms with Crippen LogP contribution < -0.4 is 14.8 Å². The third-order valence-electron chi connectivity index (χ3n) is 3.74. The fraction of sp³-hybridized carbons (Fsp3) is 0.222. The van der Waals surface area contributed by atoms with E-state index in [9.17, 15) is 0 Å². The molecule has 0 amide bonds. The molecule has 1 N–H and O–H groups in total. The molecule has 0 aliphatic carbocycles. The smallest absolute Gasteiger partial charge is 0.231 e. The van der Waals surface area contributed by atoms with Crippen molar-refractivity contribution in [2.75, 3.05) is 26.2 Å². The minimum atomic E-state index is 0.266. The van der Waals surface area contributed by atoms with Crippen LogP contribution in [0.3, 0.4) is 0 Å². The monoisotopic (exact) mass is 322 g/mol. The molecule has 1 aliphatic rings. The number of aromatic nitrogens is 2. The number of rotatable bonds is 4. The summed E-state index contributed by atoms with van der Waals surface area (Å²) in [7, 11) is 4.01. The van der Waals surface area contributed by atoms with Crippen molar-refractivity contribution in [1.82, 2.24) is 14.9 Å². The van der Waals surface area contributed by atoms with Crippen LogP contribution in [0.2, 0.25) is 0 Å². The summed E-state index contributed by atoms with van der Waals surface area (Å²) in [5.41, 5.74) is 1.83. The Morgan fingerprint density at radius 3 is 2.75 bits per heavy atom. The summed E-state index contributed by atoms with van der Waals surface area (Å²) in [6.07, 6.45) is 0. The molecule has 0 radical (unpaired) electrons. The molecule has 1 aromatic heterocycles. The van der Waals surface area contributed by atoms with Crippen molar-refractivity contribution in [2.24, 2.45) is 0 Å². The standard InChI is InChI=1S/C18H18N4O2/c1-22(2)10-17-20-14-6-4-3-5-13(14)18(21-17)19-12-7-8-15-16(9-12)24-11-23-15/h3-9H,10-11H2,1-2H3,(H,19,20,21). The number of hydrogen-bond donors (Lipinski definition) is 1. The largest absolute Gasteiger partial charge is 0.454 e. The molecule has 2 aromatic carbocycles. The van der Waals surface area contributed by atoms with Crippen molar-refractivity contribution in [3.63, 3.8) is 0 Å². The lowest BCUT2D eigenvalue weighted by Crippen LogP contribution is -2.14. The molecule has 6 nitrogen and oxygen atoms in total. The molecule has 122 valence electrons. The Hall–Kier alpha value is -2.86. The number of nitrogens with zero attached hydrogens (tertiary/aromatic N) is 3. The summed E-state index contributed by atoms with van der Waals surface area (Å²) in [6.45, 7) is 0.947. The second kappa shape index (κ2) is 5.98. The fourth-order valence-corrected chi connectivity index (χ4v) is 2.68. The number of hydrogen-bond acceptors (Lipinski definition) is 6. The van der Waals surface area contributed by atoms with E-state index in [-0.39, 0.29) is 6.79 Å². The van der Waals surface area contributed by atoms with Crippen molar-refractivity contribution < 1.29 is 9.47 Å². The molecule has 0 fully saturated rings. The highest BCUT2D eigenvalue weighted by atomic mass is 16.7. The van der Waals surface area contributed by atoms with Crippen molar-refractivity contribution in [3.05, 3.63) is 48.3 Å². The number of para-hydroxylation sites is 1. The Balaban J connectivity index is 1.74. The molecule has 0 bridgehead atoms. The first kappa shape index (κ1) is 14.7. The van der Waals surface area contributed by atoms with Gasteiger partial charge in [-0.2, -0.15) is 0 Å². The van der Waals surface area contributed by atoms with Gasteiger partial charge in [0.2, 0.25) is 6.79 Å². The van der Waals surface area contributed by atoms with E-state index in [0.29, 0.717) is 6.54 Å². The molecule has 24 heavy (non-hydrogen) atoms. The highest BCUT2D eigenvalue weighted by molar-refractivity contribution is 5.90. The van der Waals surface area contributed by atoms with E-state index in [4.69, 9.17) is 14.5 Å². The zero-order valence-corrected chi connectivity index (χ0v) is 13.6. The van der Waals surface area contributed by atoms with Crippen LogP contribution in [0.1, 0.15) is 5.82 Å². The number of ether oxygens (including phenoxy) is 2. The zero-order valence-electron chi connectivity index (χ0n) is 13.6. The summed E-state index contributed by atoms with van der Waals surface area (Å²) in [5, 5.41) is 4.37. The van der Waals surface area contributed by atoms with Crippen LogP contribution >= 0.6 is 0 Å². The maximum absolute atomic E-state index is 5.44. The highest BCUT2D eigenvalue weighted by Crippen LogP contribution is 2.35. The van der Waals surface area contributed by atoms with Gasteiger partial charge in [-0.05, 0) is 38.4 Å². The number of fused-ring (bicyclic) bond motifs is 2. The summed E-state index contributed by atoms with van der Waals surface area (Å²) < 4.78 is 10.8. The number of benzene rings is 2. The van der Waals surface area contributed by atoms with E-state index in [1.807, 2.05) is 56.6 Å². The molecule has 3 aromatic rings. The second-order valence-electron chi connectivity index (χ2n) is 5.94. The van der Waals surface area contributed by atoms with Crippen LogP contribution in [0.4, 0.5) is 11.5 Å². The summed E-state index contributed by atoms with van der Waals surface area (Å²) in [5.74, 6) is 3.08. The van der Waals surface area contributed by atoms with Gasteiger partial charge in [0.25, 0.3) is 0 Å². The molecule has 4 rings (SSSR count). The van der Waals surface area contributed by atoms with Crippen molar-refractivity contribution in [2.45, 2.75) is 6.54 Å². The fourth-order valence-electron chi connectivity index (χ4n) is 2.68. The SMILES string of the molecule is CN(C)Cc1nc(Nc2ccc3c(c2)OCO3)c2ccccc2n1. The summed E-state index contributed by atoms with van der Waals surface area (Å²) in [6, 6.07) is 13.8. The van der Waals surface area contributed by atoms with Gasteiger partial charge in [-0.1, -0.05) is 12.1 Å². The Labute approximate surface area is 140 Å². The summed E-state index contributed by atoms with van der Waals surface area (Å²) >= 11 is 0. The van der Waals surface area contributed by atoms with E-state index in [1.165, 1.54) is 0 Å². The molecule has 0 saturated heterocycles. The number of nitrogens with one attached hydrogen (secondary N) is 1. The van der Waals surface area contributed by atoms with Crippen LogP contribution in [-0.4, -0.2) is 35.8 Å². The van der Waals surface area contributed by atoms with Gasteiger partial charge < -0.3 is 19.7 Å². The van der Waals surface area contributed by atoms with E-state index in [1.54, 1.807) is 0 Å². The Morgan fingerprint density at radius 2 is 1.88 bits per heavy atom. The number of anilines is 2. The average Bonchev–Trinajstić information content (AvgIpc) is 3.02. The van der Waals surface area contributed by atoms with Gasteiger partial charge in [-0.15, -0.1) is 0 Å². The Kier molecular flexibility index (Phi) is 3.66. The minimum absolute atomic E-state index is 0.266. The maximum Gasteiger partial charge on any atom is 0.231 e. The molecule has 0 spiro atoms. The van der Waals surface area contributed by atoms with Crippen molar-refractivity contribution >= 4 is 22.4 Å². The molecule has 0 unspecified atom stereocenters. The third kappa shape index (κ3) is 2.83. The van der Waals surface area contributed by atoms with Crippen LogP contribution in [0.15, 0.2) is 42.5 Å². The molecule has 2 heterocycles. The van der Waals surface area contributed by atoms with Gasteiger partial charge in [0.15, 0.2) is 11.5 Å². The van der Waals surface area contributed by atoms with Gasteiger partial charge in [0, 0.05) is 17.1 Å². The van der Waals surface area contributed by atoms with E-state index in [0.717, 1.165) is 39.7 Å². The van der Waals surface area contributed by atoms with Crippen LogP contribution in [0.5, 0.6) is 11.5 Å². The van der Waals surface area contributed by atoms with Crippen LogP contribution in [0, 0.1) is 0 Å². The van der Waals surface area contributed by atoms with Gasteiger partial charge >= 0.3 is 0 Å². The first-order chi connectivity index (χ1) is 11.7. The van der Waals surface area contributed by atoms with Gasteiger partial charge in [0.1, 0.15) is 11.6 Å². The molecular weight excluding hydrogens is 304 g/mol. The Bertz CT molecular complexity index is 895. The first-order valence-electron chi connectivity index (χ1n) is 7.76. The molecule has 6 heteroatoms. The molecular formula is C18H18N4O2. The lowest BCUT2D eigenvalue weighted by atomic mass is 10.2. The highest BCUT2D eigenvalue weighted by Gasteiger charge is 2.14. The van der Waals surface area contributed by atoms with E-state index >= 15 is 0 Å².